The fraction of sp³-hybridized carbons (Fsp3) is 0.750. The Morgan fingerprint density at radius 2 is 1.69 bits per heavy atom. The quantitative estimate of drug-likeness (QED) is 0.458. The molecule has 0 aliphatic heterocycles. The van der Waals surface area contributed by atoms with Crippen LogP contribution in [0.25, 0.3) is 0 Å². The molecule has 0 aliphatic rings. The molecule has 0 atom stereocenters. The smallest absolute Gasteiger partial charge is 0.333 e. The third-order valence-electron chi connectivity index (χ3n) is 2.14. The number of hydrogen-bond acceptors (Lipinski definition) is 4. The molecular formula is C12H24N2O2. The zero-order valence-electron chi connectivity index (χ0n) is 11.0. The van der Waals surface area contributed by atoms with Crippen molar-refractivity contribution in [3.05, 3.63) is 12.2 Å². The van der Waals surface area contributed by atoms with Gasteiger partial charge in [0.05, 0.1) is 0 Å². The number of rotatable bonds is 8. The molecule has 0 unspecified atom stereocenters. The molecule has 0 N–H and O–H groups in total. The third-order valence-corrected chi connectivity index (χ3v) is 2.14. The molecule has 0 aliphatic carbocycles. The van der Waals surface area contributed by atoms with Crippen LogP contribution in [0.15, 0.2) is 12.2 Å². The first kappa shape index (κ1) is 15.1. The SMILES string of the molecule is C=C(CCCN(C)C)C(=O)OCCN(C)C. The van der Waals surface area contributed by atoms with Crippen LogP contribution >= 0.6 is 0 Å². The lowest BCUT2D eigenvalue weighted by molar-refractivity contribution is -0.139. The molecule has 0 aromatic heterocycles. The van der Waals surface area contributed by atoms with Crippen LogP contribution in [0, 0.1) is 0 Å². The van der Waals surface area contributed by atoms with Gasteiger partial charge in [0.25, 0.3) is 0 Å². The highest BCUT2D eigenvalue weighted by Crippen LogP contribution is 2.05. The zero-order chi connectivity index (χ0) is 12.6. The molecule has 0 saturated carbocycles. The first-order chi connectivity index (χ1) is 7.43. The predicted octanol–water partition coefficient (Wildman–Crippen LogP) is 0.989. The van der Waals surface area contributed by atoms with Crippen LogP contribution in [0.2, 0.25) is 0 Å². The minimum absolute atomic E-state index is 0.263. The number of carbonyl (C=O) groups is 1. The lowest BCUT2D eigenvalue weighted by Crippen LogP contribution is -2.21. The van der Waals surface area contributed by atoms with Crippen LogP contribution in [-0.2, 0) is 9.53 Å². The van der Waals surface area contributed by atoms with Crippen molar-refractivity contribution in [2.75, 3.05) is 47.9 Å². The van der Waals surface area contributed by atoms with Gasteiger partial charge in [-0.1, -0.05) is 6.58 Å². The van der Waals surface area contributed by atoms with Gasteiger partial charge in [-0.2, -0.15) is 0 Å². The lowest BCUT2D eigenvalue weighted by atomic mass is 10.1. The molecule has 0 saturated heterocycles. The van der Waals surface area contributed by atoms with E-state index in [1.54, 1.807) is 0 Å². The summed E-state index contributed by atoms with van der Waals surface area (Å²) >= 11 is 0. The Labute approximate surface area is 98.9 Å². The van der Waals surface area contributed by atoms with Crippen molar-refractivity contribution in [2.45, 2.75) is 12.8 Å². The van der Waals surface area contributed by atoms with E-state index in [0.29, 0.717) is 18.6 Å². The second-order valence-corrected chi connectivity index (χ2v) is 4.45. The summed E-state index contributed by atoms with van der Waals surface area (Å²) < 4.78 is 5.08. The highest BCUT2D eigenvalue weighted by molar-refractivity contribution is 5.87. The topological polar surface area (TPSA) is 32.8 Å². The maximum Gasteiger partial charge on any atom is 0.333 e. The van der Waals surface area contributed by atoms with Crippen molar-refractivity contribution >= 4 is 5.97 Å². The monoisotopic (exact) mass is 228 g/mol. The summed E-state index contributed by atoms with van der Waals surface area (Å²) in [4.78, 5) is 15.5. The molecule has 16 heavy (non-hydrogen) atoms. The Hall–Kier alpha value is -0.870. The van der Waals surface area contributed by atoms with Gasteiger partial charge in [0.1, 0.15) is 6.61 Å². The Morgan fingerprint density at radius 3 is 2.19 bits per heavy atom. The molecule has 0 aromatic carbocycles. The van der Waals surface area contributed by atoms with E-state index in [9.17, 15) is 4.79 Å². The number of ether oxygens (including phenoxy) is 1. The Morgan fingerprint density at radius 1 is 1.12 bits per heavy atom. The molecule has 0 radical (unpaired) electrons. The highest BCUT2D eigenvalue weighted by Gasteiger charge is 2.08. The van der Waals surface area contributed by atoms with Gasteiger partial charge < -0.3 is 14.5 Å². The van der Waals surface area contributed by atoms with E-state index < -0.39 is 0 Å². The highest BCUT2D eigenvalue weighted by atomic mass is 16.5. The zero-order valence-corrected chi connectivity index (χ0v) is 11.0. The van der Waals surface area contributed by atoms with Crippen LogP contribution < -0.4 is 0 Å². The van der Waals surface area contributed by atoms with Crippen molar-refractivity contribution in [2.24, 2.45) is 0 Å². The summed E-state index contributed by atoms with van der Waals surface area (Å²) in [5, 5.41) is 0. The average molecular weight is 228 g/mol. The van der Waals surface area contributed by atoms with Gasteiger partial charge in [0.15, 0.2) is 0 Å². The van der Waals surface area contributed by atoms with E-state index in [1.165, 1.54) is 0 Å². The second-order valence-electron chi connectivity index (χ2n) is 4.45. The van der Waals surface area contributed by atoms with E-state index >= 15 is 0 Å². The first-order valence-electron chi connectivity index (χ1n) is 5.58. The Balaban J connectivity index is 3.62. The normalized spacial score (nSPS) is 10.9. The lowest BCUT2D eigenvalue weighted by Gasteiger charge is -2.12. The Bertz CT molecular complexity index is 201. The van der Waals surface area contributed by atoms with Crippen LogP contribution in [0.5, 0.6) is 0 Å². The fourth-order valence-corrected chi connectivity index (χ4v) is 1.13. The van der Waals surface area contributed by atoms with Crippen LogP contribution in [0.3, 0.4) is 0 Å². The van der Waals surface area contributed by atoms with Gasteiger partial charge in [-0.05, 0) is 47.6 Å². The molecule has 0 rings (SSSR count). The van der Waals surface area contributed by atoms with E-state index in [4.69, 9.17) is 4.74 Å². The predicted molar refractivity (Wildman–Crippen MR) is 66.4 cm³/mol. The molecule has 4 nitrogen and oxygen atoms in total. The number of carbonyl (C=O) groups excluding carboxylic acids is 1. The maximum absolute atomic E-state index is 11.4. The van der Waals surface area contributed by atoms with Gasteiger partial charge in [-0.25, -0.2) is 4.79 Å². The van der Waals surface area contributed by atoms with E-state index in [1.807, 2.05) is 33.1 Å². The standard InChI is InChI=1S/C12H24N2O2/c1-11(7-6-8-13(2)3)12(15)16-10-9-14(4)5/h1,6-10H2,2-5H3. The van der Waals surface area contributed by atoms with Crippen molar-refractivity contribution in [1.29, 1.82) is 0 Å². The first-order valence-corrected chi connectivity index (χ1v) is 5.58. The molecular weight excluding hydrogens is 204 g/mol. The van der Waals surface area contributed by atoms with Gasteiger partial charge in [-0.3, -0.25) is 0 Å². The molecule has 0 aromatic rings. The van der Waals surface area contributed by atoms with E-state index in [-0.39, 0.29) is 5.97 Å². The summed E-state index contributed by atoms with van der Waals surface area (Å²) in [5.74, 6) is -0.263. The molecule has 94 valence electrons. The van der Waals surface area contributed by atoms with Gasteiger partial charge in [0, 0.05) is 12.1 Å². The molecule has 0 amide bonds. The van der Waals surface area contributed by atoms with Gasteiger partial charge in [0.2, 0.25) is 0 Å². The molecule has 0 spiro atoms. The van der Waals surface area contributed by atoms with Crippen molar-refractivity contribution in [3.8, 4) is 0 Å². The van der Waals surface area contributed by atoms with E-state index in [0.717, 1.165) is 19.5 Å². The molecule has 0 fully saturated rings. The summed E-state index contributed by atoms with van der Waals surface area (Å²) in [6.07, 6.45) is 1.65. The van der Waals surface area contributed by atoms with Gasteiger partial charge in [-0.15, -0.1) is 0 Å². The summed E-state index contributed by atoms with van der Waals surface area (Å²) in [5.41, 5.74) is 0.570. The molecule has 4 heteroatoms. The largest absolute Gasteiger partial charge is 0.461 e. The summed E-state index contributed by atoms with van der Waals surface area (Å²) in [6.45, 7) is 5.88. The maximum atomic E-state index is 11.4. The molecule has 0 heterocycles. The van der Waals surface area contributed by atoms with Crippen molar-refractivity contribution in [1.82, 2.24) is 9.80 Å². The van der Waals surface area contributed by atoms with Crippen LogP contribution in [0.4, 0.5) is 0 Å². The molecule has 0 bridgehead atoms. The van der Waals surface area contributed by atoms with E-state index in [2.05, 4.69) is 11.5 Å². The summed E-state index contributed by atoms with van der Waals surface area (Å²) in [6, 6.07) is 0. The summed E-state index contributed by atoms with van der Waals surface area (Å²) in [7, 11) is 7.91. The number of likely N-dealkylation sites (N-methyl/N-ethyl adjacent to an activating group) is 1. The number of esters is 1. The van der Waals surface area contributed by atoms with Crippen molar-refractivity contribution in [3.63, 3.8) is 0 Å². The van der Waals surface area contributed by atoms with Gasteiger partial charge >= 0.3 is 5.97 Å². The minimum atomic E-state index is -0.263. The minimum Gasteiger partial charge on any atom is -0.461 e. The second kappa shape index (κ2) is 8.30. The average Bonchev–Trinajstić information content (AvgIpc) is 2.16. The van der Waals surface area contributed by atoms with Crippen LogP contribution in [0.1, 0.15) is 12.8 Å². The number of hydrogen-bond donors (Lipinski definition) is 0. The van der Waals surface area contributed by atoms with Crippen molar-refractivity contribution < 1.29 is 9.53 Å². The third kappa shape index (κ3) is 8.44. The number of nitrogens with zero attached hydrogens (tertiary/aromatic N) is 2. The fourth-order valence-electron chi connectivity index (χ4n) is 1.13. The van der Waals surface area contributed by atoms with Crippen LogP contribution in [-0.4, -0.2) is 63.7 Å². The Kier molecular flexibility index (Phi) is 7.85.